The molecule has 94 valence electrons. The Morgan fingerprint density at radius 2 is 2.24 bits per heavy atom. The van der Waals surface area contributed by atoms with Crippen molar-refractivity contribution in [3.05, 3.63) is 35.1 Å². The summed E-state index contributed by atoms with van der Waals surface area (Å²) in [6.07, 6.45) is 1.18. The summed E-state index contributed by atoms with van der Waals surface area (Å²) in [5, 5.41) is 0. The lowest BCUT2D eigenvalue weighted by Crippen LogP contribution is -2.27. The van der Waals surface area contributed by atoms with Gasteiger partial charge in [0, 0.05) is 19.1 Å². The molecule has 1 heterocycles. The van der Waals surface area contributed by atoms with Gasteiger partial charge in [-0.2, -0.15) is 0 Å². The van der Waals surface area contributed by atoms with Gasteiger partial charge in [-0.25, -0.2) is 4.39 Å². The minimum absolute atomic E-state index is 0.152. The normalized spacial score (nSPS) is 25.4. The van der Waals surface area contributed by atoms with Crippen LogP contribution >= 0.6 is 0 Å². The van der Waals surface area contributed by atoms with Gasteiger partial charge in [0.25, 0.3) is 0 Å². The number of benzene rings is 1. The maximum atomic E-state index is 13.0. The van der Waals surface area contributed by atoms with E-state index in [0.29, 0.717) is 12.0 Å². The molecule has 2 unspecified atom stereocenters. The molecule has 1 fully saturated rings. The van der Waals surface area contributed by atoms with Gasteiger partial charge < -0.3 is 5.73 Å². The third kappa shape index (κ3) is 2.85. The van der Waals surface area contributed by atoms with Crippen molar-refractivity contribution >= 4 is 0 Å². The average molecular weight is 236 g/mol. The summed E-state index contributed by atoms with van der Waals surface area (Å²) in [7, 11) is 0. The first-order chi connectivity index (χ1) is 8.10. The second-order valence-corrected chi connectivity index (χ2v) is 5.19. The smallest absolute Gasteiger partial charge is 0.123 e. The molecule has 0 aliphatic carbocycles. The number of likely N-dealkylation sites (tertiary alicyclic amines) is 1. The van der Waals surface area contributed by atoms with Crippen molar-refractivity contribution in [2.45, 2.75) is 32.9 Å². The third-order valence-electron chi connectivity index (χ3n) is 3.80. The Hall–Kier alpha value is -0.930. The average Bonchev–Trinajstić information content (AvgIpc) is 2.64. The summed E-state index contributed by atoms with van der Waals surface area (Å²) in [6, 6.07) is 5.63. The van der Waals surface area contributed by atoms with E-state index in [9.17, 15) is 4.39 Å². The molecule has 0 spiro atoms. The van der Waals surface area contributed by atoms with Gasteiger partial charge >= 0.3 is 0 Å². The lowest BCUT2D eigenvalue weighted by Gasteiger charge is -2.22. The van der Waals surface area contributed by atoms with Crippen LogP contribution in [0.25, 0.3) is 0 Å². The highest BCUT2D eigenvalue weighted by molar-refractivity contribution is 5.26. The number of hydrogen-bond donors (Lipinski definition) is 1. The first kappa shape index (κ1) is 12.5. The van der Waals surface area contributed by atoms with Gasteiger partial charge in [-0.05, 0) is 56.0 Å². The van der Waals surface area contributed by atoms with Gasteiger partial charge in [0.1, 0.15) is 5.82 Å². The number of hydrogen-bond acceptors (Lipinski definition) is 2. The maximum Gasteiger partial charge on any atom is 0.123 e. The van der Waals surface area contributed by atoms with Crippen molar-refractivity contribution in [1.82, 2.24) is 4.90 Å². The Bertz CT molecular complexity index is 392. The van der Waals surface area contributed by atoms with Crippen LogP contribution in [-0.2, 0) is 6.54 Å². The second-order valence-electron chi connectivity index (χ2n) is 5.19. The highest BCUT2D eigenvalue weighted by atomic mass is 19.1. The molecular weight excluding hydrogens is 215 g/mol. The summed E-state index contributed by atoms with van der Waals surface area (Å²) in [4.78, 5) is 2.44. The molecule has 17 heavy (non-hydrogen) atoms. The first-order valence-corrected chi connectivity index (χ1v) is 6.29. The van der Waals surface area contributed by atoms with Crippen LogP contribution in [0.3, 0.4) is 0 Å². The second kappa shape index (κ2) is 5.15. The van der Waals surface area contributed by atoms with E-state index in [0.717, 1.165) is 25.2 Å². The van der Waals surface area contributed by atoms with Crippen LogP contribution in [0, 0.1) is 18.7 Å². The molecule has 0 aromatic heterocycles. The predicted molar refractivity (Wildman–Crippen MR) is 68.2 cm³/mol. The summed E-state index contributed by atoms with van der Waals surface area (Å²) in [6.45, 7) is 6.95. The molecular formula is C14H21FN2. The molecule has 1 aliphatic heterocycles. The fraction of sp³-hybridized carbons (Fsp3) is 0.571. The quantitative estimate of drug-likeness (QED) is 0.872. The minimum Gasteiger partial charge on any atom is -0.330 e. The molecule has 0 bridgehead atoms. The monoisotopic (exact) mass is 236 g/mol. The highest BCUT2D eigenvalue weighted by Gasteiger charge is 2.28. The Balaban J connectivity index is 2.06. The van der Waals surface area contributed by atoms with Gasteiger partial charge in [0.2, 0.25) is 0 Å². The van der Waals surface area contributed by atoms with Crippen LogP contribution < -0.4 is 5.73 Å². The van der Waals surface area contributed by atoms with E-state index in [4.69, 9.17) is 5.73 Å². The highest BCUT2D eigenvalue weighted by Crippen LogP contribution is 2.25. The molecule has 0 radical (unpaired) electrons. The van der Waals surface area contributed by atoms with E-state index in [-0.39, 0.29) is 5.82 Å². The summed E-state index contributed by atoms with van der Waals surface area (Å²) in [5.74, 6) is 0.464. The van der Waals surface area contributed by atoms with Crippen molar-refractivity contribution in [3.63, 3.8) is 0 Å². The van der Waals surface area contributed by atoms with Crippen molar-refractivity contribution in [2.24, 2.45) is 11.7 Å². The van der Waals surface area contributed by atoms with E-state index in [1.54, 1.807) is 12.1 Å². The van der Waals surface area contributed by atoms with Crippen molar-refractivity contribution in [3.8, 4) is 0 Å². The topological polar surface area (TPSA) is 29.3 Å². The molecule has 1 aliphatic rings. The molecule has 3 heteroatoms. The number of nitrogens with two attached hydrogens (primary N) is 1. The summed E-state index contributed by atoms with van der Waals surface area (Å²) < 4.78 is 13.0. The predicted octanol–water partition coefficient (Wildman–Crippen LogP) is 2.30. The zero-order valence-corrected chi connectivity index (χ0v) is 10.6. The minimum atomic E-state index is -0.152. The molecule has 1 aromatic carbocycles. The van der Waals surface area contributed by atoms with E-state index in [1.807, 2.05) is 13.0 Å². The van der Waals surface area contributed by atoms with Crippen LogP contribution in [0.1, 0.15) is 24.5 Å². The molecule has 2 N–H and O–H groups in total. The fourth-order valence-electron chi connectivity index (χ4n) is 2.66. The Kier molecular flexibility index (Phi) is 3.79. The van der Waals surface area contributed by atoms with Gasteiger partial charge in [-0.1, -0.05) is 6.07 Å². The standard InChI is InChI=1S/C14H21FN2/c1-10-5-14(15)4-3-13(10)9-17-8-12(7-16)6-11(17)2/h3-5,11-12H,6-9,16H2,1-2H3. The van der Waals surface area contributed by atoms with Crippen LogP contribution in [0.15, 0.2) is 18.2 Å². The summed E-state index contributed by atoms with van der Waals surface area (Å²) in [5.41, 5.74) is 7.98. The Labute approximate surface area is 103 Å². The molecule has 2 rings (SSSR count). The van der Waals surface area contributed by atoms with E-state index < -0.39 is 0 Å². The van der Waals surface area contributed by atoms with Gasteiger partial charge in [-0.15, -0.1) is 0 Å². The Morgan fingerprint density at radius 3 is 2.82 bits per heavy atom. The van der Waals surface area contributed by atoms with E-state index in [1.165, 1.54) is 12.0 Å². The number of aryl methyl sites for hydroxylation is 1. The largest absolute Gasteiger partial charge is 0.330 e. The molecule has 2 atom stereocenters. The SMILES string of the molecule is Cc1cc(F)ccc1CN1CC(CN)CC1C. The van der Waals surface area contributed by atoms with Crippen LogP contribution in [-0.4, -0.2) is 24.0 Å². The molecule has 1 saturated heterocycles. The van der Waals surface area contributed by atoms with E-state index in [2.05, 4.69) is 11.8 Å². The molecule has 1 aromatic rings. The van der Waals surface area contributed by atoms with Crippen LogP contribution in [0.2, 0.25) is 0 Å². The van der Waals surface area contributed by atoms with Crippen LogP contribution in [0.4, 0.5) is 4.39 Å². The number of halogens is 1. The first-order valence-electron chi connectivity index (χ1n) is 6.29. The summed E-state index contributed by atoms with van der Waals surface area (Å²) >= 11 is 0. The van der Waals surface area contributed by atoms with Gasteiger partial charge in [0.05, 0.1) is 0 Å². The third-order valence-corrected chi connectivity index (χ3v) is 3.80. The zero-order valence-electron chi connectivity index (χ0n) is 10.6. The zero-order chi connectivity index (χ0) is 12.4. The number of nitrogens with zero attached hydrogens (tertiary/aromatic N) is 1. The molecule has 0 amide bonds. The lowest BCUT2D eigenvalue weighted by molar-refractivity contribution is 0.255. The van der Waals surface area contributed by atoms with Crippen molar-refractivity contribution in [2.75, 3.05) is 13.1 Å². The fourth-order valence-corrected chi connectivity index (χ4v) is 2.66. The van der Waals surface area contributed by atoms with E-state index >= 15 is 0 Å². The molecule has 2 nitrogen and oxygen atoms in total. The Morgan fingerprint density at radius 1 is 1.47 bits per heavy atom. The van der Waals surface area contributed by atoms with Gasteiger partial charge in [-0.3, -0.25) is 4.90 Å². The van der Waals surface area contributed by atoms with Gasteiger partial charge in [0.15, 0.2) is 0 Å². The van der Waals surface area contributed by atoms with Crippen LogP contribution in [0.5, 0.6) is 0 Å². The lowest BCUT2D eigenvalue weighted by atomic mass is 10.1. The maximum absolute atomic E-state index is 13.0. The number of rotatable bonds is 3. The van der Waals surface area contributed by atoms with Crippen molar-refractivity contribution < 1.29 is 4.39 Å². The molecule has 0 saturated carbocycles. The van der Waals surface area contributed by atoms with Crippen molar-refractivity contribution in [1.29, 1.82) is 0 Å².